The lowest BCUT2D eigenvalue weighted by Crippen LogP contribution is -2.34. The number of nitrogens with one attached hydrogen (secondary N) is 2. The number of hydrogen-bond acceptors (Lipinski definition) is 4. The molecule has 18 heavy (non-hydrogen) atoms. The van der Waals surface area contributed by atoms with Gasteiger partial charge in [0.2, 0.25) is 5.76 Å². The minimum Gasteiger partial charge on any atom is -0.351 e. The molecule has 2 aromatic rings. The smallest absolute Gasteiger partial charge is 0.326 e. The summed E-state index contributed by atoms with van der Waals surface area (Å²) in [6.45, 7) is 0. The fraction of sp³-hybridized carbons (Fsp3) is 0. The van der Waals surface area contributed by atoms with E-state index in [9.17, 15) is 14.0 Å². The van der Waals surface area contributed by atoms with Crippen LogP contribution in [-0.2, 0) is 0 Å². The molecule has 6 nitrogen and oxygen atoms in total. The van der Waals surface area contributed by atoms with Crippen LogP contribution in [0, 0.1) is 5.82 Å². The zero-order valence-electron chi connectivity index (χ0n) is 9.01. The maximum absolute atomic E-state index is 12.6. The van der Waals surface area contributed by atoms with Crippen molar-refractivity contribution in [2.45, 2.75) is 0 Å². The standard InChI is InChI=1S/C11H8FN3O3/c12-7-1-3-8(4-2-7)14-11(17)15-10(16)9-5-6-13-18-9/h1-6H,(H2,14,15,16,17). The number of hydrogen-bond donors (Lipinski definition) is 2. The number of halogens is 1. The highest BCUT2D eigenvalue weighted by atomic mass is 19.1. The number of rotatable bonds is 2. The molecule has 0 aliphatic rings. The van der Waals surface area contributed by atoms with E-state index in [1.54, 1.807) is 0 Å². The fourth-order valence-corrected chi connectivity index (χ4v) is 1.19. The molecule has 0 fully saturated rings. The number of benzene rings is 1. The molecule has 1 heterocycles. The molecule has 2 N–H and O–H groups in total. The fourth-order valence-electron chi connectivity index (χ4n) is 1.19. The maximum Gasteiger partial charge on any atom is 0.326 e. The Morgan fingerprint density at radius 2 is 1.89 bits per heavy atom. The molecule has 0 spiro atoms. The maximum atomic E-state index is 12.6. The first-order valence-electron chi connectivity index (χ1n) is 4.94. The van der Waals surface area contributed by atoms with Gasteiger partial charge in [-0.3, -0.25) is 10.1 Å². The molecule has 1 aromatic carbocycles. The second-order valence-electron chi connectivity index (χ2n) is 3.29. The van der Waals surface area contributed by atoms with Crippen molar-refractivity contribution in [1.82, 2.24) is 10.5 Å². The Morgan fingerprint density at radius 3 is 2.50 bits per heavy atom. The van der Waals surface area contributed by atoms with Gasteiger partial charge in [-0.05, 0) is 24.3 Å². The molecule has 0 aliphatic carbocycles. The molecular formula is C11H8FN3O3. The van der Waals surface area contributed by atoms with Crippen molar-refractivity contribution in [3.05, 3.63) is 48.1 Å². The molecule has 0 saturated carbocycles. The van der Waals surface area contributed by atoms with Crippen LogP contribution in [-0.4, -0.2) is 17.1 Å². The molecule has 0 unspecified atom stereocenters. The van der Waals surface area contributed by atoms with Crippen LogP contribution in [0.3, 0.4) is 0 Å². The van der Waals surface area contributed by atoms with E-state index < -0.39 is 17.8 Å². The first-order chi connectivity index (χ1) is 8.65. The Kier molecular flexibility index (Phi) is 3.33. The van der Waals surface area contributed by atoms with E-state index in [1.165, 1.54) is 36.5 Å². The van der Waals surface area contributed by atoms with E-state index >= 15 is 0 Å². The van der Waals surface area contributed by atoms with Crippen molar-refractivity contribution in [3.63, 3.8) is 0 Å². The highest BCUT2D eigenvalue weighted by molar-refractivity contribution is 6.06. The summed E-state index contributed by atoms with van der Waals surface area (Å²) in [5.41, 5.74) is 0.360. The highest BCUT2D eigenvalue weighted by Gasteiger charge is 2.13. The van der Waals surface area contributed by atoms with Gasteiger partial charge in [-0.1, -0.05) is 5.16 Å². The van der Waals surface area contributed by atoms with Gasteiger partial charge in [0, 0.05) is 11.8 Å². The first-order valence-corrected chi connectivity index (χ1v) is 4.94. The number of carbonyl (C=O) groups is 2. The lowest BCUT2D eigenvalue weighted by molar-refractivity contribution is 0.0931. The number of amides is 3. The summed E-state index contributed by atoms with van der Waals surface area (Å²) in [5.74, 6) is -1.21. The van der Waals surface area contributed by atoms with Crippen LogP contribution in [0.15, 0.2) is 41.1 Å². The summed E-state index contributed by atoms with van der Waals surface area (Å²) in [4.78, 5) is 22.8. The van der Waals surface area contributed by atoms with Gasteiger partial charge in [-0.2, -0.15) is 0 Å². The highest BCUT2D eigenvalue weighted by Crippen LogP contribution is 2.07. The van der Waals surface area contributed by atoms with E-state index in [0.29, 0.717) is 5.69 Å². The number of carbonyl (C=O) groups excluding carboxylic acids is 2. The van der Waals surface area contributed by atoms with E-state index in [0.717, 1.165) is 0 Å². The summed E-state index contributed by atoms with van der Waals surface area (Å²) < 4.78 is 17.2. The molecule has 0 aliphatic heterocycles. The average Bonchev–Trinajstić information content (AvgIpc) is 2.85. The van der Waals surface area contributed by atoms with Crippen molar-refractivity contribution in [2.75, 3.05) is 5.32 Å². The quantitative estimate of drug-likeness (QED) is 0.849. The summed E-state index contributed by atoms with van der Waals surface area (Å²) in [5, 5.41) is 7.73. The van der Waals surface area contributed by atoms with Crippen LogP contribution in [0.1, 0.15) is 10.6 Å². The van der Waals surface area contributed by atoms with Crippen LogP contribution in [0.25, 0.3) is 0 Å². The first kappa shape index (κ1) is 11.8. The largest absolute Gasteiger partial charge is 0.351 e. The van der Waals surface area contributed by atoms with E-state index in [2.05, 4.69) is 15.0 Å². The number of urea groups is 1. The van der Waals surface area contributed by atoms with Crippen molar-refractivity contribution in [3.8, 4) is 0 Å². The third-order valence-corrected chi connectivity index (χ3v) is 1.99. The molecule has 92 valence electrons. The van der Waals surface area contributed by atoms with Crippen molar-refractivity contribution < 1.29 is 18.5 Å². The average molecular weight is 249 g/mol. The van der Waals surface area contributed by atoms with Gasteiger partial charge >= 0.3 is 6.03 Å². The van der Waals surface area contributed by atoms with Crippen LogP contribution < -0.4 is 10.6 Å². The van der Waals surface area contributed by atoms with Gasteiger partial charge in [-0.25, -0.2) is 9.18 Å². The Balaban J connectivity index is 1.93. The summed E-state index contributed by atoms with van der Waals surface area (Å²) in [7, 11) is 0. The predicted octanol–water partition coefficient (Wildman–Crippen LogP) is 1.78. The molecule has 2 rings (SSSR count). The summed E-state index contributed by atoms with van der Waals surface area (Å²) in [6, 6.07) is 5.69. The Labute approximate surface area is 101 Å². The Morgan fingerprint density at radius 1 is 1.17 bits per heavy atom. The molecular weight excluding hydrogens is 241 g/mol. The van der Waals surface area contributed by atoms with Crippen LogP contribution >= 0.6 is 0 Å². The molecule has 1 aromatic heterocycles. The normalized spacial score (nSPS) is 9.83. The number of imide groups is 1. The van der Waals surface area contributed by atoms with Crippen molar-refractivity contribution in [1.29, 1.82) is 0 Å². The topological polar surface area (TPSA) is 84.2 Å². The minimum absolute atomic E-state index is 0.0794. The van der Waals surface area contributed by atoms with Crippen LogP contribution in [0.4, 0.5) is 14.9 Å². The lowest BCUT2D eigenvalue weighted by atomic mass is 10.3. The number of anilines is 1. The second kappa shape index (κ2) is 5.09. The molecule has 0 saturated heterocycles. The monoisotopic (exact) mass is 249 g/mol. The molecule has 0 atom stereocenters. The van der Waals surface area contributed by atoms with Crippen molar-refractivity contribution in [2.24, 2.45) is 0 Å². The van der Waals surface area contributed by atoms with Gasteiger partial charge in [0.1, 0.15) is 5.82 Å². The molecule has 7 heteroatoms. The third kappa shape index (κ3) is 2.91. The second-order valence-corrected chi connectivity index (χ2v) is 3.29. The zero-order valence-corrected chi connectivity index (χ0v) is 9.01. The minimum atomic E-state index is -0.747. The molecule has 3 amide bonds. The third-order valence-electron chi connectivity index (χ3n) is 1.99. The SMILES string of the molecule is O=C(NC(=O)c1ccno1)Nc1ccc(F)cc1. The summed E-state index contributed by atoms with van der Waals surface area (Å²) in [6.07, 6.45) is 1.28. The molecule has 0 bridgehead atoms. The lowest BCUT2D eigenvalue weighted by Gasteiger charge is -2.04. The van der Waals surface area contributed by atoms with Gasteiger partial charge in [-0.15, -0.1) is 0 Å². The van der Waals surface area contributed by atoms with Crippen molar-refractivity contribution >= 4 is 17.6 Å². The van der Waals surface area contributed by atoms with E-state index in [4.69, 9.17) is 0 Å². The predicted molar refractivity (Wildman–Crippen MR) is 59.4 cm³/mol. The summed E-state index contributed by atoms with van der Waals surface area (Å²) >= 11 is 0. The van der Waals surface area contributed by atoms with E-state index in [1.807, 2.05) is 5.32 Å². The number of nitrogens with zero attached hydrogens (tertiary/aromatic N) is 1. The van der Waals surface area contributed by atoms with Gasteiger partial charge < -0.3 is 9.84 Å². The van der Waals surface area contributed by atoms with Gasteiger partial charge in [0.05, 0.1) is 6.20 Å². The van der Waals surface area contributed by atoms with Gasteiger partial charge in [0.15, 0.2) is 0 Å². The number of aromatic nitrogens is 1. The van der Waals surface area contributed by atoms with Crippen LogP contribution in [0.5, 0.6) is 0 Å². The molecule has 0 radical (unpaired) electrons. The Bertz CT molecular complexity index is 551. The van der Waals surface area contributed by atoms with E-state index in [-0.39, 0.29) is 5.76 Å². The van der Waals surface area contributed by atoms with Crippen LogP contribution in [0.2, 0.25) is 0 Å². The van der Waals surface area contributed by atoms with Gasteiger partial charge in [0.25, 0.3) is 5.91 Å². The zero-order chi connectivity index (χ0) is 13.0. The Hall–Kier alpha value is -2.70.